The molecule has 1 atom stereocenters. The summed E-state index contributed by atoms with van der Waals surface area (Å²) in [6.45, 7) is 0. The average Bonchev–Trinajstić information content (AvgIpc) is 2.76. The smallest absolute Gasteiger partial charge is 0.371 e. The number of hydrogen-bond acceptors (Lipinski definition) is 6. The Hall–Kier alpha value is -1.47. The quantitative estimate of drug-likeness (QED) is 0.725. The topological polar surface area (TPSA) is 103 Å². The number of carboxylic acids is 1. The summed E-state index contributed by atoms with van der Waals surface area (Å²) in [5.74, 6) is -0.300. The number of methoxy groups -OCH3 is 1. The van der Waals surface area contributed by atoms with Crippen LogP contribution in [0, 0.1) is 0 Å². The fourth-order valence-corrected chi connectivity index (χ4v) is 1.94. The number of esters is 1. The summed E-state index contributed by atoms with van der Waals surface area (Å²) >= 11 is 1.37. The highest BCUT2D eigenvalue weighted by molar-refractivity contribution is 7.98. The maximum absolute atomic E-state index is 11.0. The highest BCUT2D eigenvalue weighted by Crippen LogP contribution is 2.16. The lowest BCUT2D eigenvalue weighted by Gasteiger charge is -2.07. The number of aromatic carboxylic acids is 1. The normalized spacial score (nSPS) is 12.1. The lowest BCUT2D eigenvalue weighted by atomic mass is 10.4. The van der Waals surface area contributed by atoms with Crippen molar-refractivity contribution >= 4 is 23.7 Å². The largest absolute Gasteiger partial charge is 0.475 e. The van der Waals surface area contributed by atoms with Crippen LogP contribution < -0.4 is 5.73 Å². The van der Waals surface area contributed by atoms with E-state index in [1.54, 1.807) is 6.07 Å². The van der Waals surface area contributed by atoms with Gasteiger partial charge in [0.1, 0.15) is 11.8 Å². The number of hydrogen-bond donors (Lipinski definition) is 2. The first-order chi connectivity index (χ1) is 8.04. The molecule has 0 radical (unpaired) electrons. The lowest BCUT2D eigenvalue weighted by Crippen LogP contribution is -2.33. The van der Waals surface area contributed by atoms with E-state index >= 15 is 0 Å². The van der Waals surface area contributed by atoms with Crippen molar-refractivity contribution in [2.45, 2.75) is 11.8 Å². The van der Waals surface area contributed by atoms with Gasteiger partial charge >= 0.3 is 11.9 Å². The van der Waals surface area contributed by atoms with Crippen LogP contribution in [0.2, 0.25) is 0 Å². The fraction of sp³-hybridized carbons (Fsp3) is 0.400. The molecule has 0 saturated carbocycles. The van der Waals surface area contributed by atoms with E-state index in [4.69, 9.17) is 15.3 Å². The molecule has 17 heavy (non-hydrogen) atoms. The van der Waals surface area contributed by atoms with Crippen molar-refractivity contribution in [3.63, 3.8) is 0 Å². The average molecular weight is 259 g/mol. The first kappa shape index (κ1) is 13.6. The highest BCUT2D eigenvalue weighted by atomic mass is 32.2. The zero-order valence-corrected chi connectivity index (χ0v) is 10.0. The molecule has 6 nitrogen and oxygen atoms in total. The minimum atomic E-state index is -1.10. The number of carbonyl (C=O) groups excluding carboxylic acids is 1. The number of rotatable bonds is 6. The van der Waals surface area contributed by atoms with Gasteiger partial charge in [0.05, 0.1) is 12.9 Å². The Kier molecular flexibility index (Phi) is 5.05. The number of ether oxygens (including phenoxy) is 1. The van der Waals surface area contributed by atoms with Gasteiger partial charge in [-0.25, -0.2) is 4.79 Å². The van der Waals surface area contributed by atoms with Gasteiger partial charge in [-0.1, -0.05) is 0 Å². The van der Waals surface area contributed by atoms with Gasteiger partial charge in [-0.2, -0.15) is 11.8 Å². The minimum absolute atomic E-state index is 0.0992. The van der Waals surface area contributed by atoms with Crippen molar-refractivity contribution < 1.29 is 23.8 Å². The predicted molar refractivity (Wildman–Crippen MR) is 61.8 cm³/mol. The lowest BCUT2D eigenvalue weighted by molar-refractivity contribution is -0.141. The molecule has 1 rings (SSSR count). The number of thioether (sulfide) groups is 1. The third kappa shape index (κ3) is 4.12. The van der Waals surface area contributed by atoms with E-state index in [1.807, 2.05) is 0 Å². The van der Waals surface area contributed by atoms with Crippen molar-refractivity contribution in [2.75, 3.05) is 12.9 Å². The van der Waals surface area contributed by atoms with E-state index in [0.717, 1.165) is 0 Å². The van der Waals surface area contributed by atoms with Crippen LogP contribution in [-0.4, -0.2) is 35.9 Å². The fourth-order valence-electron chi connectivity index (χ4n) is 1.08. The second-order valence-corrected chi connectivity index (χ2v) is 4.25. The predicted octanol–water partition coefficient (Wildman–Crippen LogP) is 0.711. The summed E-state index contributed by atoms with van der Waals surface area (Å²) in [4.78, 5) is 21.5. The van der Waals surface area contributed by atoms with Crippen molar-refractivity contribution in [2.24, 2.45) is 5.73 Å². The maximum Gasteiger partial charge on any atom is 0.371 e. The van der Waals surface area contributed by atoms with Gasteiger partial charge in [0.25, 0.3) is 0 Å². The molecule has 1 heterocycles. The molecule has 0 amide bonds. The van der Waals surface area contributed by atoms with Crippen molar-refractivity contribution in [3.8, 4) is 0 Å². The summed E-state index contributed by atoms with van der Waals surface area (Å²) in [6, 6.07) is 2.29. The van der Waals surface area contributed by atoms with Gasteiger partial charge < -0.3 is 20.0 Å². The summed E-state index contributed by atoms with van der Waals surface area (Å²) < 4.78 is 9.51. The third-order valence-corrected chi connectivity index (χ3v) is 3.00. The van der Waals surface area contributed by atoms with E-state index in [-0.39, 0.29) is 5.76 Å². The maximum atomic E-state index is 11.0. The first-order valence-corrected chi connectivity index (χ1v) is 5.93. The summed E-state index contributed by atoms with van der Waals surface area (Å²) in [6.07, 6.45) is 0. The second-order valence-electron chi connectivity index (χ2n) is 3.22. The van der Waals surface area contributed by atoms with Gasteiger partial charge in [0.15, 0.2) is 0 Å². The van der Waals surface area contributed by atoms with E-state index in [9.17, 15) is 9.59 Å². The molecule has 7 heteroatoms. The third-order valence-electron chi connectivity index (χ3n) is 1.92. The monoisotopic (exact) mass is 259 g/mol. The van der Waals surface area contributed by atoms with Gasteiger partial charge in [0.2, 0.25) is 5.76 Å². The van der Waals surface area contributed by atoms with Crippen molar-refractivity contribution in [3.05, 3.63) is 23.7 Å². The molecular formula is C10H13NO5S. The molecule has 0 fully saturated rings. The molecule has 1 aromatic rings. The molecular weight excluding hydrogens is 246 g/mol. The van der Waals surface area contributed by atoms with Crippen molar-refractivity contribution in [1.29, 1.82) is 0 Å². The molecule has 0 bridgehead atoms. The Morgan fingerprint density at radius 1 is 1.59 bits per heavy atom. The Morgan fingerprint density at radius 2 is 2.29 bits per heavy atom. The van der Waals surface area contributed by atoms with E-state index in [1.165, 1.54) is 24.9 Å². The van der Waals surface area contributed by atoms with Crippen LogP contribution in [-0.2, 0) is 15.3 Å². The Morgan fingerprint density at radius 3 is 2.82 bits per heavy atom. The van der Waals surface area contributed by atoms with Crippen LogP contribution in [0.5, 0.6) is 0 Å². The van der Waals surface area contributed by atoms with E-state index < -0.39 is 18.0 Å². The number of nitrogens with two attached hydrogens (primary N) is 1. The number of carboxylic acid groups (broad SMARTS) is 1. The van der Waals surface area contributed by atoms with Gasteiger partial charge in [-0.3, -0.25) is 4.79 Å². The molecule has 0 saturated heterocycles. The Balaban J connectivity index is 2.35. The zero-order chi connectivity index (χ0) is 12.8. The second kappa shape index (κ2) is 6.31. The Labute approximate surface area is 102 Å². The van der Waals surface area contributed by atoms with Crippen LogP contribution in [0.25, 0.3) is 0 Å². The molecule has 0 aliphatic heterocycles. The SMILES string of the molecule is COC(=O)C(N)CSCc1ccc(C(=O)O)o1. The van der Waals surface area contributed by atoms with Crippen LogP contribution in [0.4, 0.5) is 0 Å². The minimum Gasteiger partial charge on any atom is -0.475 e. The Bertz CT molecular complexity index is 403. The molecule has 1 unspecified atom stereocenters. The van der Waals surface area contributed by atoms with Gasteiger partial charge in [-0.05, 0) is 12.1 Å². The molecule has 1 aromatic heterocycles. The standard InChI is InChI=1S/C10H13NO5S/c1-15-10(14)7(11)5-17-4-6-2-3-8(16-6)9(12)13/h2-3,7H,4-5,11H2,1H3,(H,12,13). The van der Waals surface area contributed by atoms with Crippen LogP contribution in [0.1, 0.15) is 16.3 Å². The molecule has 0 aromatic carbocycles. The van der Waals surface area contributed by atoms with Crippen LogP contribution >= 0.6 is 11.8 Å². The first-order valence-electron chi connectivity index (χ1n) is 4.77. The van der Waals surface area contributed by atoms with Crippen LogP contribution in [0.15, 0.2) is 16.5 Å². The molecule has 0 aliphatic rings. The number of furan rings is 1. The van der Waals surface area contributed by atoms with E-state index in [2.05, 4.69) is 4.74 Å². The molecule has 0 spiro atoms. The van der Waals surface area contributed by atoms with E-state index in [0.29, 0.717) is 17.3 Å². The number of carbonyl (C=O) groups is 2. The van der Waals surface area contributed by atoms with Gasteiger partial charge in [-0.15, -0.1) is 0 Å². The molecule has 94 valence electrons. The highest BCUT2D eigenvalue weighted by Gasteiger charge is 2.14. The summed E-state index contributed by atoms with van der Waals surface area (Å²) in [5, 5.41) is 8.63. The van der Waals surface area contributed by atoms with Crippen molar-refractivity contribution in [1.82, 2.24) is 0 Å². The summed E-state index contributed by atoms with van der Waals surface area (Å²) in [7, 11) is 1.28. The van der Waals surface area contributed by atoms with Crippen LogP contribution in [0.3, 0.4) is 0 Å². The molecule has 0 aliphatic carbocycles. The summed E-state index contributed by atoms with van der Waals surface area (Å²) in [5.41, 5.74) is 5.53. The van der Waals surface area contributed by atoms with Gasteiger partial charge in [0, 0.05) is 5.75 Å². The zero-order valence-electron chi connectivity index (χ0n) is 9.21. The molecule has 3 N–H and O–H groups in total.